The van der Waals surface area contributed by atoms with Gasteiger partial charge in [0, 0.05) is 24.7 Å². The van der Waals surface area contributed by atoms with E-state index in [2.05, 4.69) is 41.3 Å². The van der Waals surface area contributed by atoms with Crippen molar-refractivity contribution in [3.8, 4) is 11.1 Å². The van der Waals surface area contributed by atoms with Crippen LogP contribution in [0.2, 0.25) is 0 Å². The van der Waals surface area contributed by atoms with Crippen molar-refractivity contribution in [1.29, 1.82) is 0 Å². The van der Waals surface area contributed by atoms with Crippen LogP contribution in [0.15, 0.2) is 48.5 Å². The van der Waals surface area contributed by atoms with Crippen LogP contribution in [0.4, 0.5) is 0 Å². The molecular formula is C16H16NS. The largest absolute Gasteiger partial charge is 0.289 e. The van der Waals surface area contributed by atoms with E-state index in [4.69, 9.17) is 0 Å². The summed E-state index contributed by atoms with van der Waals surface area (Å²) in [6, 6.07) is 20.2. The molecule has 0 amide bonds. The third-order valence-corrected chi connectivity index (χ3v) is 4.25. The quantitative estimate of drug-likeness (QED) is 0.822. The molecule has 1 aliphatic heterocycles. The fraction of sp³-hybridized carbons (Fsp3) is 0.250. The van der Waals surface area contributed by atoms with Crippen molar-refractivity contribution in [2.45, 2.75) is 6.54 Å². The second-order valence-electron chi connectivity index (χ2n) is 4.58. The maximum atomic E-state index is 3.12. The minimum absolute atomic E-state index is 1.08. The van der Waals surface area contributed by atoms with Gasteiger partial charge in [-0.1, -0.05) is 42.5 Å². The highest BCUT2D eigenvalue weighted by molar-refractivity contribution is 7.99. The van der Waals surface area contributed by atoms with Crippen molar-refractivity contribution in [2.75, 3.05) is 18.2 Å². The molecule has 1 fully saturated rings. The number of hydrogen-bond donors (Lipinski definition) is 0. The van der Waals surface area contributed by atoms with E-state index in [-0.39, 0.29) is 0 Å². The minimum Gasteiger partial charge on any atom is -0.289 e. The summed E-state index contributed by atoms with van der Waals surface area (Å²) in [4.78, 5) is 2.50. The summed E-state index contributed by atoms with van der Waals surface area (Å²) in [6.07, 6.45) is 0. The Bertz CT molecular complexity index is 486. The van der Waals surface area contributed by atoms with Crippen LogP contribution in [-0.2, 0) is 6.54 Å². The van der Waals surface area contributed by atoms with Gasteiger partial charge < -0.3 is 0 Å². The van der Waals surface area contributed by atoms with Gasteiger partial charge in [-0.3, -0.25) is 4.90 Å². The zero-order valence-corrected chi connectivity index (χ0v) is 11.1. The molecule has 2 heteroatoms. The fourth-order valence-corrected chi connectivity index (χ4v) is 3.21. The van der Waals surface area contributed by atoms with Gasteiger partial charge in [0.1, 0.15) is 0 Å². The molecule has 0 bridgehead atoms. The number of nitrogens with zero attached hydrogens (tertiary/aromatic N) is 1. The van der Waals surface area contributed by atoms with Crippen molar-refractivity contribution < 1.29 is 0 Å². The van der Waals surface area contributed by atoms with E-state index in [0.29, 0.717) is 0 Å². The van der Waals surface area contributed by atoms with Crippen LogP contribution in [0.3, 0.4) is 0 Å². The van der Waals surface area contributed by atoms with Crippen molar-refractivity contribution in [1.82, 2.24) is 4.90 Å². The first-order valence-corrected chi connectivity index (χ1v) is 7.43. The zero-order chi connectivity index (χ0) is 12.2. The Labute approximate surface area is 113 Å². The summed E-state index contributed by atoms with van der Waals surface area (Å²) >= 11 is 2.02. The molecule has 0 unspecified atom stereocenters. The van der Waals surface area contributed by atoms with E-state index in [9.17, 15) is 0 Å². The SMILES string of the molecule is [c]1cccc(-c2ccc(CN3CCSC3)cc2)c1. The first-order valence-electron chi connectivity index (χ1n) is 6.27. The van der Waals surface area contributed by atoms with Gasteiger partial charge in [0.15, 0.2) is 0 Å². The molecule has 0 N–H and O–H groups in total. The number of rotatable bonds is 3. The summed E-state index contributed by atoms with van der Waals surface area (Å²) in [7, 11) is 0. The van der Waals surface area contributed by atoms with Crippen LogP contribution >= 0.6 is 11.8 Å². The fourth-order valence-electron chi connectivity index (χ4n) is 2.21. The molecule has 1 aliphatic rings. The maximum absolute atomic E-state index is 3.12. The van der Waals surface area contributed by atoms with E-state index >= 15 is 0 Å². The standard InChI is InChI=1S/C16H16NS/c1-2-4-15(5-3-1)16-8-6-14(7-9-16)12-17-10-11-18-13-17/h1-2,4-9H,10-13H2. The van der Waals surface area contributed by atoms with Crippen LogP contribution in [0.5, 0.6) is 0 Å². The Kier molecular flexibility index (Phi) is 3.67. The van der Waals surface area contributed by atoms with Crippen molar-refractivity contribution >= 4 is 11.8 Å². The van der Waals surface area contributed by atoms with Gasteiger partial charge in [-0.2, -0.15) is 0 Å². The summed E-state index contributed by atoms with van der Waals surface area (Å²) in [6.45, 7) is 2.30. The maximum Gasteiger partial charge on any atom is 0.0448 e. The smallest absolute Gasteiger partial charge is 0.0448 e. The lowest BCUT2D eigenvalue weighted by molar-refractivity contribution is 0.349. The molecular weight excluding hydrogens is 238 g/mol. The first kappa shape index (κ1) is 11.8. The Hall–Kier alpha value is -1.25. The molecule has 0 aliphatic carbocycles. The number of thioether (sulfide) groups is 1. The van der Waals surface area contributed by atoms with E-state index in [0.717, 1.165) is 6.54 Å². The van der Waals surface area contributed by atoms with E-state index < -0.39 is 0 Å². The average Bonchev–Trinajstić information content (AvgIpc) is 2.94. The van der Waals surface area contributed by atoms with E-state index in [1.54, 1.807) is 0 Å². The first-order chi connectivity index (χ1) is 8.92. The molecule has 1 saturated heterocycles. The van der Waals surface area contributed by atoms with Crippen molar-refractivity contribution in [3.05, 3.63) is 60.2 Å². The number of hydrogen-bond acceptors (Lipinski definition) is 2. The highest BCUT2D eigenvalue weighted by atomic mass is 32.2. The second kappa shape index (κ2) is 5.59. The predicted molar refractivity (Wildman–Crippen MR) is 78.4 cm³/mol. The summed E-state index contributed by atoms with van der Waals surface area (Å²) < 4.78 is 0. The van der Waals surface area contributed by atoms with Gasteiger partial charge in [0.25, 0.3) is 0 Å². The third kappa shape index (κ3) is 2.77. The second-order valence-corrected chi connectivity index (χ2v) is 5.65. The molecule has 0 saturated carbocycles. The van der Waals surface area contributed by atoms with E-state index in [1.165, 1.54) is 34.9 Å². The molecule has 2 aromatic rings. The van der Waals surface area contributed by atoms with Gasteiger partial charge in [-0.05, 0) is 28.8 Å². The van der Waals surface area contributed by atoms with Gasteiger partial charge in [-0.15, -0.1) is 11.8 Å². The predicted octanol–water partition coefficient (Wildman–Crippen LogP) is 3.66. The van der Waals surface area contributed by atoms with Crippen LogP contribution in [0.1, 0.15) is 5.56 Å². The Morgan fingerprint density at radius 3 is 2.67 bits per heavy atom. The zero-order valence-electron chi connectivity index (χ0n) is 10.3. The molecule has 0 atom stereocenters. The van der Waals surface area contributed by atoms with Crippen LogP contribution in [0, 0.1) is 6.07 Å². The Morgan fingerprint density at radius 1 is 1.11 bits per heavy atom. The highest BCUT2D eigenvalue weighted by Gasteiger charge is 2.11. The lowest BCUT2D eigenvalue weighted by Gasteiger charge is -2.13. The van der Waals surface area contributed by atoms with Gasteiger partial charge in [-0.25, -0.2) is 0 Å². The minimum atomic E-state index is 1.08. The van der Waals surface area contributed by atoms with Crippen molar-refractivity contribution in [2.24, 2.45) is 0 Å². The lowest BCUT2D eigenvalue weighted by Crippen LogP contribution is -2.18. The van der Waals surface area contributed by atoms with E-state index in [1.807, 2.05) is 30.0 Å². The molecule has 0 spiro atoms. The van der Waals surface area contributed by atoms with Crippen LogP contribution < -0.4 is 0 Å². The summed E-state index contributed by atoms with van der Waals surface area (Å²) in [5.74, 6) is 2.45. The molecule has 0 aromatic heterocycles. The van der Waals surface area contributed by atoms with Gasteiger partial charge >= 0.3 is 0 Å². The Balaban J connectivity index is 1.72. The lowest BCUT2D eigenvalue weighted by atomic mass is 10.0. The molecule has 18 heavy (non-hydrogen) atoms. The van der Waals surface area contributed by atoms with Gasteiger partial charge in [0.05, 0.1) is 0 Å². The molecule has 2 aromatic carbocycles. The molecule has 1 heterocycles. The molecule has 3 rings (SSSR count). The van der Waals surface area contributed by atoms with Crippen molar-refractivity contribution in [3.63, 3.8) is 0 Å². The summed E-state index contributed by atoms with van der Waals surface area (Å²) in [5.41, 5.74) is 3.91. The van der Waals surface area contributed by atoms with Gasteiger partial charge in [0.2, 0.25) is 0 Å². The van der Waals surface area contributed by atoms with Crippen LogP contribution in [0.25, 0.3) is 11.1 Å². The third-order valence-electron chi connectivity index (χ3n) is 3.23. The normalized spacial score (nSPS) is 16.0. The van der Waals surface area contributed by atoms with Crippen LogP contribution in [-0.4, -0.2) is 23.1 Å². The number of benzene rings is 2. The Morgan fingerprint density at radius 2 is 2.00 bits per heavy atom. The molecule has 91 valence electrons. The average molecular weight is 254 g/mol. The summed E-state index contributed by atoms with van der Waals surface area (Å²) in [5, 5.41) is 0. The highest BCUT2D eigenvalue weighted by Crippen LogP contribution is 2.21. The molecule has 1 nitrogen and oxygen atoms in total. The topological polar surface area (TPSA) is 3.24 Å². The monoisotopic (exact) mass is 254 g/mol. The molecule has 1 radical (unpaired) electrons.